The smallest absolute Gasteiger partial charge is 0.238 e. The highest BCUT2D eigenvalue weighted by molar-refractivity contribution is 7.93. The molecule has 2 aliphatic heterocycles. The minimum absolute atomic E-state index is 0.172. The van der Waals surface area contributed by atoms with Crippen LogP contribution in [0, 0.1) is 5.92 Å². The van der Waals surface area contributed by atoms with E-state index in [9.17, 15) is 8.42 Å². The summed E-state index contributed by atoms with van der Waals surface area (Å²) in [5, 5.41) is 7.05. The molecule has 0 radical (unpaired) electrons. The quantitative estimate of drug-likeness (QED) is 0.746. The average molecular weight is 418 g/mol. The van der Waals surface area contributed by atoms with Gasteiger partial charge in [0.25, 0.3) is 0 Å². The van der Waals surface area contributed by atoms with Gasteiger partial charge in [-0.2, -0.15) is 0 Å². The first-order valence-corrected chi connectivity index (χ1v) is 13.2. The van der Waals surface area contributed by atoms with E-state index in [0.717, 1.165) is 63.3 Å². The van der Waals surface area contributed by atoms with Crippen LogP contribution < -0.4 is 14.9 Å². The second-order valence-electron chi connectivity index (χ2n) is 9.57. The van der Waals surface area contributed by atoms with Gasteiger partial charge < -0.3 is 10.6 Å². The number of benzene rings is 1. The van der Waals surface area contributed by atoms with Crippen LogP contribution in [0.5, 0.6) is 0 Å². The molecule has 6 heteroatoms. The summed E-state index contributed by atoms with van der Waals surface area (Å²) in [5.74, 6) is 1.42. The fourth-order valence-corrected chi connectivity index (χ4v) is 7.71. The number of hydrogen-bond donors (Lipinski definition) is 2. The van der Waals surface area contributed by atoms with Crippen LogP contribution in [-0.4, -0.2) is 45.9 Å². The van der Waals surface area contributed by atoms with Crippen molar-refractivity contribution in [3.8, 4) is 0 Å². The fraction of sp³-hybridized carbons (Fsp3) is 0.739. The van der Waals surface area contributed by atoms with Crippen LogP contribution in [0.1, 0.15) is 68.4 Å². The van der Waals surface area contributed by atoms with Crippen molar-refractivity contribution < 1.29 is 8.42 Å². The third kappa shape index (κ3) is 4.08. The maximum absolute atomic E-state index is 13.2. The predicted molar refractivity (Wildman–Crippen MR) is 118 cm³/mol. The first-order valence-electron chi connectivity index (χ1n) is 11.7. The Labute approximate surface area is 175 Å². The zero-order chi connectivity index (χ0) is 19.8. The summed E-state index contributed by atoms with van der Waals surface area (Å²) in [7, 11) is -3.21. The summed E-state index contributed by atoms with van der Waals surface area (Å²) < 4.78 is 28.1. The van der Waals surface area contributed by atoms with Crippen molar-refractivity contribution in [3.63, 3.8) is 0 Å². The molecule has 0 amide bonds. The lowest BCUT2D eigenvalue weighted by Gasteiger charge is -2.28. The number of hydrogen-bond acceptors (Lipinski definition) is 4. The Morgan fingerprint density at radius 2 is 1.86 bits per heavy atom. The SMILES string of the molecule is O=S(=O)(C1CCCCC1)N1CCc2cc(C3CC3NCC3CCNCC3)ccc21. The van der Waals surface area contributed by atoms with Crippen molar-refractivity contribution >= 4 is 15.7 Å². The highest BCUT2D eigenvalue weighted by atomic mass is 32.2. The van der Waals surface area contributed by atoms with E-state index in [4.69, 9.17) is 0 Å². The van der Waals surface area contributed by atoms with Gasteiger partial charge in [-0.25, -0.2) is 8.42 Å². The second-order valence-corrected chi connectivity index (χ2v) is 11.7. The molecule has 2 saturated carbocycles. The maximum atomic E-state index is 13.2. The van der Waals surface area contributed by atoms with Crippen molar-refractivity contribution in [2.45, 2.75) is 75.0 Å². The predicted octanol–water partition coefficient (Wildman–Crippen LogP) is 3.16. The number of nitrogens with zero attached hydrogens (tertiary/aromatic N) is 1. The molecule has 5 rings (SSSR count). The molecule has 0 spiro atoms. The highest BCUT2D eigenvalue weighted by Crippen LogP contribution is 2.44. The van der Waals surface area contributed by atoms with Gasteiger partial charge >= 0.3 is 0 Å². The lowest BCUT2D eigenvalue weighted by Crippen LogP contribution is -2.38. The summed E-state index contributed by atoms with van der Waals surface area (Å²) in [6.45, 7) is 4.08. The zero-order valence-corrected chi connectivity index (χ0v) is 18.2. The largest absolute Gasteiger partial charge is 0.317 e. The van der Waals surface area contributed by atoms with E-state index >= 15 is 0 Å². The summed E-state index contributed by atoms with van der Waals surface area (Å²) in [6.07, 6.45) is 9.59. The van der Waals surface area contributed by atoms with Crippen LogP contribution in [0.25, 0.3) is 0 Å². The van der Waals surface area contributed by atoms with E-state index < -0.39 is 10.0 Å². The Kier molecular flexibility index (Phi) is 5.61. The van der Waals surface area contributed by atoms with Crippen LogP contribution in [0.2, 0.25) is 0 Å². The molecule has 4 aliphatic rings. The van der Waals surface area contributed by atoms with E-state index in [1.807, 2.05) is 0 Å². The van der Waals surface area contributed by atoms with Crippen molar-refractivity contribution in [2.24, 2.45) is 5.92 Å². The lowest BCUT2D eigenvalue weighted by molar-refractivity contribution is 0.355. The topological polar surface area (TPSA) is 61.4 Å². The number of sulfonamides is 1. The van der Waals surface area contributed by atoms with Gasteiger partial charge in [0, 0.05) is 18.5 Å². The van der Waals surface area contributed by atoms with Gasteiger partial charge in [0.2, 0.25) is 10.0 Å². The number of fused-ring (bicyclic) bond motifs is 1. The number of rotatable bonds is 6. The van der Waals surface area contributed by atoms with E-state index in [1.165, 1.54) is 36.8 Å². The Morgan fingerprint density at radius 1 is 1.07 bits per heavy atom. The Hall–Kier alpha value is -1.11. The van der Waals surface area contributed by atoms with Crippen LogP contribution in [0.15, 0.2) is 18.2 Å². The molecule has 1 saturated heterocycles. The van der Waals surface area contributed by atoms with Crippen LogP contribution in [0.3, 0.4) is 0 Å². The Bertz CT molecular complexity index is 829. The molecule has 29 heavy (non-hydrogen) atoms. The zero-order valence-electron chi connectivity index (χ0n) is 17.4. The molecule has 160 valence electrons. The van der Waals surface area contributed by atoms with Gasteiger partial charge in [0.05, 0.1) is 10.9 Å². The van der Waals surface area contributed by atoms with Gasteiger partial charge in [-0.05, 0) is 81.3 Å². The number of nitrogens with one attached hydrogen (secondary N) is 2. The average Bonchev–Trinajstić information content (AvgIpc) is 3.41. The number of piperidine rings is 1. The molecular formula is C23H35N3O2S. The Balaban J connectivity index is 1.22. The molecular weight excluding hydrogens is 382 g/mol. The van der Waals surface area contributed by atoms with Gasteiger partial charge in [0.1, 0.15) is 0 Å². The monoisotopic (exact) mass is 417 g/mol. The van der Waals surface area contributed by atoms with Crippen molar-refractivity contribution in [3.05, 3.63) is 29.3 Å². The summed E-state index contributed by atoms with van der Waals surface area (Å²) in [5.41, 5.74) is 3.56. The van der Waals surface area contributed by atoms with Crippen LogP contribution >= 0.6 is 0 Å². The number of anilines is 1. The van der Waals surface area contributed by atoms with Gasteiger partial charge in [-0.1, -0.05) is 31.4 Å². The summed E-state index contributed by atoms with van der Waals surface area (Å²) in [6, 6.07) is 7.17. The molecule has 2 N–H and O–H groups in total. The molecule has 0 bridgehead atoms. The minimum Gasteiger partial charge on any atom is -0.317 e. The molecule has 3 fully saturated rings. The van der Waals surface area contributed by atoms with E-state index in [-0.39, 0.29) is 5.25 Å². The summed E-state index contributed by atoms with van der Waals surface area (Å²) >= 11 is 0. The molecule has 2 unspecified atom stereocenters. The molecule has 1 aromatic rings. The van der Waals surface area contributed by atoms with Crippen molar-refractivity contribution in [1.82, 2.24) is 10.6 Å². The van der Waals surface area contributed by atoms with Gasteiger partial charge in [-0.15, -0.1) is 0 Å². The van der Waals surface area contributed by atoms with Gasteiger partial charge in [-0.3, -0.25) is 4.31 Å². The standard InChI is InChI=1S/C23H35N3O2S/c27-29(28,20-4-2-1-3-5-20)26-13-10-19-14-18(6-7-23(19)26)21-15-22(21)25-16-17-8-11-24-12-9-17/h6-7,14,17,20-22,24-25H,1-5,8-13,15-16H2. The van der Waals surface area contributed by atoms with E-state index in [0.29, 0.717) is 18.5 Å². The van der Waals surface area contributed by atoms with Crippen molar-refractivity contribution in [1.29, 1.82) is 0 Å². The minimum atomic E-state index is -3.21. The summed E-state index contributed by atoms with van der Waals surface area (Å²) in [4.78, 5) is 0. The molecule has 0 aromatic heterocycles. The lowest BCUT2D eigenvalue weighted by atomic mass is 9.98. The van der Waals surface area contributed by atoms with Crippen molar-refractivity contribution in [2.75, 3.05) is 30.5 Å². The molecule has 2 heterocycles. The first-order chi connectivity index (χ1) is 14.1. The third-order valence-corrected chi connectivity index (χ3v) is 9.89. The molecule has 2 aliphatic carbocycles. The Morgan fingerprint density at radius 3 is 2.66 bits per heavy atom. The highest BCUT2D eigenvalue weighted by Gasteiger charge is 2.40. The molecule has 5 nitrogen and oxygen atoms in total. The van der Waals surface area contributed by atoms with E-state index in [1.54, 1.807) is 4.31 Å². The third-order valence-electron chi connectivity index (χ3n) is 7.58. The van der Waals surface area contributed by atoms with Gasteiger partial charge in [0.15, 0.2) is 0 Å². The van der Waals surface area contributed by atoms with E-state index in [2.05, 4.69) is 28.8 Å². The molecule has 1 aromatic carbocycles. The maximum Gasteiger partial charge on any atom is 0.238 e. The second kappa shape index (κ2) is 8.20. The first kappa shape index (κ1) is 19.8. The van der Waals surface area contributed by atoms with Crippen LogP contribution in [-0.2, 0) is 16.4 Å². The fourth-order valence-electron chi connectivity index (χ4n) is 5.62. The molecule has 2 atom stereocenters. The van der Waals surface area contributed by atoms with Crippen LogP contribution in [0.4, 0.5) is 5.69 Å². The normalized spacial score (nSPS) is 28.5.